The lowest BCUT2D eigenvalue weighted by Gasteiger charge is -2.17. The second-order valence-corrected chi connectivity index (χ2v) is 5.44. The molecule has 118 valence electrons. The van der Waals surface area contributed by atoms with Crippen LogP contribution in [0, 0.1) is 17.0 Å². The molecule has 0 spiro atoms. The molecule has 2 aromatic carbocycles. The summed E-state index contributed by atoms with van der Waals surface area (Å²) in [4.78, 5) is 24.6. The molecule has 23 heavy (non-hydrogen) atoms. The van der Waals surface area contributed by atoms with Crippen LogP contribution >= 0.6 is 0 Å². The molecule has 0 aromatic heterocycles. The first-order valence-corrected chi connectivity index (χ1v) is 7.32. The van der Waals surface area contributed by atoms with E-state index < -0.39 is 4.92 Å². The van der Waals surface area contributed by atoms with E-state index in [0.29, 0.717) is 6.54 Å². The van der Waals surface area contributed by atoms with E-state index in [9.17, 15) is 14.9 Å². The standard InChI is InChI=1S/C17H16N2O4/c1-12-6-7-16(15(10-12)19(21)22)23-11-17(20)18-9-8-13-4-2-3-5-14(13)18/h2-7,10H,8-9,11H2,1H3. The van der Waals surface area contributed by atoms with E-state index in [2.05, 4.69) is 0 Å². The van der Waals surface area contributed by atoms with Crippen molar-refractivity contribution in [1.82, 2.24) is 0 Å². The molecule has 2 aromatic rings. The summed E-state index contributed by atoms with van der Waals surface area (Å²) in [6.45, 7) is 2.15. The SMILES string of the molecule is Cc1ccc(OCC(=O)N2CCc3ccccc32)c([N+](=O)[O-])c1. The van der Waals surface area contributed by atoms with Crippen molar-refractivity contribution in [1.29, 1.82) is 0 Å². The summed E-state index contributed by atoms with van der Waals surface area (Å²) in [7, 11) is 0. The van der Waals surface area contributed by atoms with Crippen molar-refractivity contribution in [2.75, 3.05) is 18.1 Å². The Hall–Kier alpha value is -2.89. The summed E-state index contributed by atoms with van der Waals surface area (Å²) in [6.07, 6.45) is 0.812. The number of para-hydroxylation sites is 1. The number of aryl methyl sites for hydroxylation is 1. The smallest absolute Gasteiger partial charge is 0.311 e. The lowest BCUT2D eigenvalue weighted by Crippen LogP contribution is -2.33. The Bertz CT molecular complexity index is 773. The zero-order valence-corrected chi connectivity index (χ0v) is 12.7. The fraction of sp³-hybridized carbons (Fsp3) is 0.235. The monoisotopic (exact) mass is 312 g/mol. The van der Waals surface area contributed by atoms with Gasteiger partial charge in [-0.3, -0.25) is 14.9 Å². The van der Waals surface area contributed by atoms with Gasteiger partial charge in [0.2, 0.25) is 0 Å². The molecule has 0 fully saturated rings. The molecule has 1 aliphatic rings. The Kier molecular flexibility index (Phi) is 3.97. The van der Waals surface area contributed by atoms with Gasteiger partial charge in [0.15, 0.2) is 12.4 Å². The van der Waals surface area contributed by atoms with Gasteiger partial charge in [-0.25, -0.2) is 0 Å². The van der Waals surface area contributed by atoms with Gasteiger partial charge in [-0.15, -0.1) is 0 Å². The van der Waals surface area contributed by atoms with Gasteiger partial charge in [-0.05, 0) is 36.6 Å². The number of nitrogens with zero attached hydrogens (tertiary/aromatic N) is 2. The molecular weight excluding hydrogens is 296 g/mol. The highest BCUT2D eigenvalue weighted by atomic mass is 16.6. The van der Waals surface area contributed by atoms with Crippen LogP contribution in [0.4, 0.5) is 11.4 Å². The molecule has 1 aliphatic heterocycles. The molecule has 0 atom stereocenters. The lowest BCUT2D eigenvalue weighted by molar-refractivity contribution is -0.385. The maximum atomic E-state index is 12.4. The first kappa shape index (κ1) is 15.0. The first-order chi connectivity index (χ1) is 11.1. The zero-order valence-electron chi connectivity index (χ0n) is 12.7. The van der Waals surface area contributed by atoms with Crippen molar-refractivity contribution < 1.29 is 14.5 Å². The molecule has 6 nitrogen and oxygen atoms in total. The molecular formula is C17H16N2O4. The molecule has 1 amide bonds. The van der Waals surface area contributed by atoms with Crippen molar-refractivity contribution in [2.45, 2.75) is 13.3 Å². The fourth-order valence-electron chi connectivity index (χ4n) is 2.71. The third-order valence-corrected chi connectivity index (χ3v) is 3.85. The van der Waals surface area contributed by atoms with Crippen molar-refractivity contribution >= 4 is 17.3 Å². The van der Waals surface area contributed by atoms with Crippen LogP contribution in [0.2, 0.25) is 0 Å². The van der Waals surface area contributed by atoms with E-state index in [1.54, 1.807) is 17.9 Å². The summed E-state index contributed by atoms with van der Waals surface area (Å²) < 4.78 is 5.41. The van der Waals surface area contributed by atoms with Gasteiger partial charge in [0.1, 0.15) is 0 Å². The third-order valence-electron chi connectivity index (χ3n) is 3.85. The summed E-state index contributed by atoms with van der Waals surface area (Å²) >= 11 is 0. The highest BCUT2D eigenvalue weighted by molar-refractivity contribution is 5.96. The van der Waals surface area contributed by atoms with Crippen LogP contribution in [0.1, 0.15) is 11.1 Å². The predicted octanol–water partition coefficient (Wildman–Crippen LogP) is 2.87. The number of hydrogen-bond donors (Lipinski definition) is 0. The predicted molar refractivity (Wildman–Crippen MR) is 85.8 cm³/mol. The lowest BCUT2D eigenvalue weighted by atomic mass is 10.2. The number of nitro groups is 1. The number of benzene rings is 2. The largest absolute Gasteiger partial charge is 0.477 e. The van der Waals surface area contributed by atoms with Gasteiger partial charge in [-0.2, -0.15) is 0 Å². The molecule has 6 heteroatoms. The first-order valence-electron chi connectivity index (χ1n) is 7.32. The Labute approximate surface area is 133 Å². The van der Waals surface area contributed by atoms with Crippen LogP contribution in [0.15, 0.2) is 42.5 Å². The minimum Gasteiger partial charge on any atom is -0.477 e. The number of ether oxygens (including phenoxy) is 1. The Morgan fingerprint density at radius 3 is 2.87 bits per heavy atom. The van der Waals surface area contributed by atoms with Crippen LogP contribution in [-0.4, -0.2) is 24.0 Å². The van der Waals surface area contributed by atoms with Gasteiger partial charge < -0.3 is 9.64 Å². The van der Waals surface area contributed by atoms with Crippen molar-refractivity contribution in [3.63, 3.8) is 0 Å². The molecule has 0 bridgehead atoms. The number of amides is 1. The van der Waals surface area contributed by atoms with Crippen molar-refractivity contribution in [2.24, 2.45) is 0 Å². The summed E-state index contributed by atoms with van der Waals surface area (Å²) in [5.41, 5.74) is 2.66. The molecule has 0 saturated carbocycles. The van der Waals surface area contributed by atoms with E-state index in [1.807, 2.05) is 24.3 Å². The van der Waals surface area contributed by atoms with Gasteiger partial charge in [-0.1, -0.05) is 24.3 Å². The van der Waals surface area contributed by atoms with Crippen molar-refractivity contribution in [3.8, 4) is 5.75 Å². The number of carbonyl (C=O) groups excluding carboxylic acids is 1. The Morgan fingerprint density at radius 1 is 1.30 bits per heavy atom. The van der Waals surface area contributed by atoms with E-state index in [-0.39, 0.29) is 24.0 Å². The van der Waals surface area contributed by atoms with Gasteiger partial charge in [0.25, 0.3) is 5.91 Å². The molecule has 0 N–H and O–H groups in total. The van der Waals surface area contributed by atoms with Gasteiger partial charge in [0.05, 0.1) is 4.92 Å². The van der Waals surface area contributed by atoms with Crippen LogP contribution < -0.4 is 9.64 Å². The minimum atomic E-state index is -0.502. The molecule has 3 rings (SSSR count). The summed E-state index contributed by atoms with van der Waals surface area (Å²) in [6, 6.07) is 12.4. The molecule has 1 heterocycles. The normalized spacial score (nSPS) is 12.8. The van der Waals surface area contributed by atoms with Crippen molar-refractivity contribution in [3.05, 3.63) is 63.7 Å². The average molecular weight is 312 g/mol. The van der Waals surface area contributed by atoms with E-state index in [4.69, 9.17) is 4.74 Å². The second kappa shape index (κ2) is 6.08. The van der Waals surface area contributed by atoms with Gasteiger partial charge >= 0.3 is 5.69 Å². The molecule has 0 unspecified atom stereocenters. The van der Waals surface area contributed by atoms with E-state index in [1.165, 1.54) is 12.1 Å². The van der Waals surface area contributed by atoms with E-state index >= 15 is 0 Å². The van der Waals surface area contributed by atoms with Crippen LogP contribution in [0.3, 0.4) is 0 Å². The maximum Gasteiger partial charge on any atom is 0.311 e. The van der Waals surface area contributed by atoms with Gasteiger partial charge in [0, 0.05) is 18.3 Å². The highest BCUT2D eigenvalue weighted by Crippen LogP contribution is 2.29. The number of fused-ring (bicyclic) bond motifs is 1. The molecule has 0 radical (unpaired) electrons. The second-order valence-electron chi connectivity index (χ2n) is 5.44. The fourth-order valence-corrected chi connectivity index (χ4v) is 2.71. The molecule has 0 aliphatic carbocycles. The van der Waals surface area contributed by atoms with Crippen LogP contribution in [0.25, 0.3) is 0 Å². The number of hydrogen-bond acceptors (Lipinski definition) is 4. The van der Waals surface area contributed by atoms with Crippen LogP contribution in [-0.2, 0) is 11.2 Å². The van der Waals surface area contributed by atoms with Crippen LogP contribution in [0.5, 0.6) is 5.75 Å². The Morgan fingerprint density at radius 2 is 2.09 bits per heavy atom. The summed E-state index contributed by atoms with van der Waals surface area (Å²) in [5.74, 6) is -0.0914. The Balaban J connectivity index is 1.72. The number of nitro benzene ring substituents is 1. The highest BCUT2D eigenvalue weighted by Gasteiger charge is 2.25. The average Bonchev–Trinajstić information content (AvgIpc) is 2.97. The quantitative estimate of drug-likeness (QED) is 0.643. The number of rotatable bonds is 4. The minimum absolute atomic E-state index is 0.112. The summed E-state index contributed by atoms with van der Waals surface area (Å²) in [5, 5.41) is 11.1. The topological polar surface area (TPSA) is 72.7 Å². The third kappa shape index (κ3) is 3.01. The molecule has 0 saturated heterocycles. The number of anilines is 1. The van der Waals surface area contributed by atoms with E-state index in [0.717, 1.165) is 23.2 Å². The number of carbonyl (C=O) groups is 1. The zero-order chi connectivity index (χ0) is 16.4. The maximum absolute atomic E-state index is 12.4.